The van der Waals surface area contributed by atoms with Gasteiger partial charge in [0.25, 0.3) is 0 Å². The third-order valence-corrected chi connectivity index (χ3v) is 8.91. The molecule has 0 saturated heterocycles. The maximum atomic E-state index is 6.98. The van der Waals surface area contributed by atoms with Gasteiger partial charge in [-0.3, -0.25) is 0 Å². The van der Waals surface area contributed by atoms with Crippen LogP contribution in [0.2, 0.25) is 0 Å². The van der Waals surface area contributed by atoms with Gasteiger partial charge in [-0.05, 0) is 84.2 Å². The van der Waals surface area contributed by atoms with Gasteiger partial charge < -0.3 is 0 Å². The van der Waals surface area contributed by atoms with Crippen LogP contribution >= 0.6 is 7.14 Å². The van der Waals surface area contributed by atoms with Crippen LogP contribution in [-0.4, -0.2) is 26.1 Å². The van der Waals surface area contributed by atoms with E-state index in [-0.39, 0.29) is 0 Å². The maximum absolute atomic E-state index is 6.98. The van der Waals surface area contributed by atoms with Crippen LogP contribution in [0.15, 0.2) is 38.0 Å². The van der Waals surface area contributed by atoms with Gasteiger partial charge in [-0.1, -0.05) is 37.5 Å². The SMILES string of the molecule is [B][P+](CCCCCCC=C)(CCCCCCC=C)CCCCCCC=C. The summed E-state index contributed by atoms with van der Waals surface area (Å²) in [6.45, 7) is 11.4. The third kappa shape index (κ3) is 17.1. The zero-order chi connectivity index (χ0) is 19.3. The van der Waals surface area contributed by atoms with Crippen molar-refractivity contribution in [2.75, 3.05) is 18.5 Å². The molecule has 0 N–H and O–H groups in total. The van der Waals surface area contributed by atoms with E-state index < -0.39 is 7.14 Å². The standard InChI is InChI=1S/C24H45BP/c1-4-7-10-13-16-19-22-26(25,23-20-17-14-11-8-5-2)24-21-18-15-12-9-6-3/h4-6H,1-3,7-24H2/q+1. The summed E-state index contributed by atoms with van der Waals surface area (Å²) >= 11 is 0. The van der Waals surface area contributed by atoms with Crippen LogP contribution in [0.1, 0.15) is 96.3 Å². The zero-order valence-electron chi connectivity index (χ0n) is 17.6. The molecule has 26 heavy (non-hydrogen) atoms. The minimum absolute atomic E-state index is 1.17. The van der Waals surface area contributed by atoms with Crippen molar-refractivity contribution < 1.29 is 0 Å². The zero-order valence-corrected chi connectivity index (χ0v) is 18.5. The van der Waals surface area contributed by atoms with Gasteiger partial charge in [0.2, 0.25) is 0 Å². The van der Waals surface area contributed by atoms with Gasteiger partial charge in [-0.15, -0.1) is 19.7 Å². The fourth-order valence-electron chi connectivity index (χ4n) is 3.54. The molecule has 0 atom stereocenters. The second-order valence-electron chi connectivity index (χ2n) is 7.86. The van der Waals surface area contributed by atoms with Crippen molar-refractivity contribution in [1.82, 2.24) is 0 Å². The van der Waals surface area contributed by atoms with Crippen LogP contribution in [0.25, 0.3) is 0 Å². The summed E-state index contributed by atoms with van der Waals surface area (Å²) in [6.07, 6.45) is 29.6. The first kappa shape index (κ1) is 25.7. The van der Waals surface area contributed by atoms with Crippen molar-refractivity contribution in [2.24, 2.45) is 0 Å². The molecule has 0 aliphatic carbocycles. The molecule has 0 aliphatic rings. The lowest BCUT2D eigenvalue weighted by Crippen LogP contribution is -2.09. The molecular weight excluding hydrogens is 330 g/mol. The molecular formula is C24H45BP+. The normalized spacial score (nSPS) is 11.4. The van der Waals surface area contributed by atoms with E-state index in [0.717, 1.165) is 0 Å². The Morgan fingerprint density at radius 3 is 1.00 bits per heavy atom. The average Bonchev–Trinajstić information content (AvgIpc) is 2.64. The maximum Gasteiger partial charge on any atom is 0.365 e. The van der Waals surface area contributed by atoms with E-state index in [1.807, 2.05) is 18.2 Å². The minimum Gasteiger partial charge on any atom is -0.103 e. The molecule has 0 unspecified atom stereocenters. The lowest BCUT2D eigenvalue weighted by Gasteiger charge is -2.24. The Bertz CT molecular complexity index is 287. The molecule has 0 fully saturated rings. The molecule has 148 valence electrons. The van der Waals surface area contributed by atoms with E-state index in [4.69, 9.17) is 7.57 Å². The molecule has 0 spiro atoms. The van der Waals surface area contributed by atoms with Crippen LogP contribution in [0, 0.1) is 0 Å². The smallest absolute Gasteiger partial charge is 0.103 e. The van der Waals surface area contributed by atoms with Crippen molar-refractivity contribution >= 4 is 14.7 Å². The van der Waals surface area contributed by atoms with E-state index >= 15 is 0 Å². The summed E-state index contributed by atoms with van der Waals surface area (Å²) in [6, 6.07) is 0. The molecule has 0 rings (SSSR count). The third-order valence-electron chi connectivity index (χ3n) is 5.29. The molecule has 0 aromatic heterocycles. The second kappa shape index (κ2) is 19.5. The molecule has 0 amide bonds. The highest BCUT2D eigenvalue weighted by atomic mass is 31.2. The molecule has 2 heteroatoms. The minimum atomic E-state index is -1.20. The molecule has 0 heterocycles. The first-order chi connectivity index (χ1) is 12.7. The van der Waals surface area contributed by atoms with Gasteiger partial charge in [0.15, 0.2) is 0 Å². The van der Waals surface area contributed by atoms with Gasteiger partial charge in [0, 0.05) is 18.5 Å². The summed E-state index contributed by atoms with van der Waals surface area (Å²) in [5.41, 5.74) is 0. The van der Waals surface area contributed by atoms with E-state index in [1.165, 1.54) is 115 Å². The van der Waals surface area contributed by atoms with Crippen LogP contribution in [0.5, 0.6) is 0 Å². The van der Waals surface area contributed by atoms with Gasteiger partial charge in [-0.2, -0.15) is 0 Å². The fraction of sp³-hybridized carbons (Fsp3) is 0.750. The fourth-order valence-corrected chi connectivity index (χ4v) is 6.77. The summed E-state index contributed by atoms with van der Waals surface area (Å²) < 4.78 is 0. The van der Waals surface area contributed by atoms with Gasteiger partial charge in [0.05, 0.1) is 0 Å². The first-order valence-electron chi connectivity index (χ1n) is 11.2. The summed E-state index contributed by atoms with van der Waals surface area (Å²) in [5, 5.41) is 0. The average molecular weight is 375 g/mol. The Hall–Kier alpha value is -0.285. The Kier molecular flexibility index (Phi) is 19.3. The second-order valence-corrected chi connectivity index (χ2v) is 11.6. The number of allylic oxidation sites excluding steroid dienone is 3. The van der Waals surface area contributed by atoms with E-state index in [9.17, 15) is 0 Å². The Morgan fingerprint density at radius 2 is 0.731 bits per heavy atom. The lowest BCUT2D eigenvalue weighted by atomic mass is 10.1. The molecule has 0 bridgehead atoms. The van der Waals surface area contributed by atoms with Gasteiger partial charge in [0.1, 0.15) is 0 Å². The monoisotopic (exact) mass is 375 g/mol. The largest absolute Gasteiger partial charge is 0.365 e. The van der Waals surface area contributed by atoms with Crippen molar-refractivity contribution in [1.29, 1.82) is 0 Å². The van der Waals surface area contributed by atoms with Crippen LogP contribution in [0.3, 0.4) is 0 Å². The van der Waals surface area contributed by atoms with Gasteiger partial charge >= 0.3 is 7.57 Å². The van der Waals surface area contributed by atoms with Crippen molar-refractivity contribution in [3.63, 3.8) is 0 Å². The van der Waals surface area contributed by atoms with Crippen LogP contribution < -0.4 is 0 Å². The molecule has 0 aromatic carbocycles. The summed E-state index contributed by atoms with van der Waals surface area (Å²) in [7, 11) is 5.79. The number of rotatable bonds is 21. The van der Waals surface area contributed by atoms with E-state index in [0.29, 0.717) is 0 Å². The summed E-state index contributed by atoms with van der Waals surface area (Å²) in [5.74, 6) is 0. The highest BCUT2D eigenvalue weighted by Crippen LogP contribution is 2.56. The molecule has 0 aromatic rings. The molecule has 0 aliphatic heterocycles. The molecule has 0 saturated carbocycles. The van der Waals surface area contributed by atoms with Crippen molar-refractivity contribution in [3.05, 3.63) is 38.0 Å². The van der Waals surface area contributed by atoms with Crippen molar-refractivity contribution in [2.45, 2.75) is 96.3 Å². The predicted molar refractivity (Wildman–Crippen MR) is 127 cm³/mol. The first-order valence-corrected chi connectivity index (χ1v) is 13.6. The quantitative estimate of drug-likeness (QED) is 0.0816. The molecule has 2 radical (unpaired) electrons. The number of hydrogen-bond donors (Lipinski definition) is 0. The number of hydrogen-bond acceptors (Lipinski definition) is 0. The Balaban J connectivity index is 4.07. The van der Waals surface area contributed by atoms with Crippen molar-refractivity contribution in [3.8, 4) is 0 Å². The van der Waals surface area contributed by atoms with E-state index in [1.54, 1.807) is 0 Å². The highest BCUT2D eigenvalue weighted by Gasteiger charge is 2.29. The van der Waals surface area contributed by atoms with E-state index in [2.05, 4.69) is 19.7 Å². The Labute approximate surface area is 167 Å². The van der Waals surface area contributed by atoms with Gasteiger partial charge in [-0.25, -0.2) is 0 Å². The topological polar surface area (TPSA) is 0 Å². The Morgan fingerprint density at radius 1 is 0.462 bits per heavy atom. The summed E-state index contributed by atoms with van der Waals surface area (Å²) in [4.78, 5) is 0. The number of unbranched alkanes of at least 4 members (excludes halogenated alkanes) is 12. The predicted octanol–water partition coefficient (Wildman–Crippen LogP) is 8.50. The molecule has 0 nitrogen and oxygen atoms in total. The lowest BCUT2D eigenvalue weighted by molar-refractivity contribution is 0.662. The highest BCUT2D eigenvalue weighted by molar-refractivity contribution is 7.97. The van der Waals surface area contributed by atoms with Crippen LogP contribution in [0.4, 0.5) is 0 Å². The van der Waals surface area contributed by atoms with Crippen LogP contribution in [-0.2, 0) is 0 Å².